The van der Waals surface area contributed by atoms with Gasteiger partial charge in [0.25, 0.3) is 5.52 Å². The maximum Gasteiger partial charge on any atom is 0.364 e. The van der Waals surface area contributed by atoms with Crippen LogP contribution in [0.15, 0.2) is 60.7 Å². The molecule has 0 saturated heterocycles. The minimum atomic E-state index is -2.62. The lowest BCUT2D eigenvalue weighted by Crippen LogP contribution is -2.32. The fourth-order valence-corrected chi connectivity index (χ4v) is 7.98. The summed E-state index contributed by atoms with van der Waals surface area (Å²) in [6.07, 6.45) is 0. The second-order valence-corrected chi connectivity index (χ2v) is 11.1. The van der Waals surface area contributed by atoms with Crippen molar-refractivity contribution in [3.05, 3.63) is 60.7 Å². The first-order valence-corrected chi connectivity index (χ1v) is 10.1. The lowest BCUT2D eigenvalue weighted by molar-refractivity contribution is -0.117. The second-order valence-electron chi connectivity index (χ2n) is 5.94. The van der Waals surface area contributed by atoms with Gasteiger partial charge in [0, 0.05) is 0 Å². The van der Waals surface area contributed by atoms with Gasteiger partial charge < -0.3 is 0 Å². The van der Waals surface area contributed by atoms with Gasteiger partial charge in [0.05, 0.1) is 5.41 Å². The maximum atomic E-state index is 13.2. The highest BCUT2D eigenvalue weighted by atomic mass is 32.1. The summed E-state index contributed by atoms with van der Waals surface area (Å²) in [5, 5.41) is 1.74. The molecule has 2 aromatic rings. The topological polar surface area (TPSA) is 34.1 Å². The zero-order valence-corrected chi connectivity index (χ0v) is 14.3. The zero-order valence-electron chi connectivity index (χ0n) is 12.5. The summed E-state index contributed by atoms with van der Waals surface area (Å²) in [5.74, 6) is 0. The van der Waals surface area contributed by atoms with E-state index in [-0.39, 0.29) is 13.7 Å². The van der Waals surface area contributed by atoms with Gasteiger partial charge in [0.1, 0.15) is 10.6 Å². The third-order valence-electron chi connectivity index (χ3n) is 3.32. The molecule has 0 aromatic heterocycles. The molecule has 2 nitrogen and oxygen atoms in total. The average molecular weight is 317 g/mol. The van der Waals surface area contributed by atoms with Crippen molar-refractivity contribution in [1.29, 1.82) is 0 Å². The zero-order chi connectivity index (χ0) is 15.5. The molecule has 2 rings (SSSR count). The van der Waals surface area contributed by atoms with E-state index < -0.39 is 12.4 Å². The molecular formula is C17H19O2P2+. The molecule has 108 valence electrons. The summed E-state index contributed by atoms with van der Waals surface area (Å²) >= 11 is 0. The molecule has 0 N–H and O–H groups in total. The van der Waals surface area contributed by atoms with Gasteiger partial charge in [-0.2, -0.15) is 0 Å². The molecular weight excluding hydrogens is 298 g/mol. The lowest BCUT2D eigenvalue weighted by Gasteiger charge is -2.24. The van der Waals surface area contributed by atoms with Crippen molar-refractivity contribution in [2.45, 2.75) is 20.8 Å². The second kappa shape index (κ2) is 6.18. The third kappa shape index (κ3) is 2.98. The number of benzene rings is 2. The van der Waals surface area contributed by atoms with Crippen LogP contribution in [-0.4, -0.2) is 5.52 Å². The summed E-state index contributed by atoms with van der Waals surface area (Å²) in [6.45, 7) is 3.05. The van der Waals surface area contributed by atoms with E-state index in [1.54, 1.807) is 0 Å². The van der Waals surface area contributed by atoms with Crippen LogP contribution in [0.3, 0.4) is 0 Å². The Morgan fingerprint density at radius 3 is 1.52 bits per heavy atom. The Morgan fingerprint density at radius 1 is 0.857 bits per heavy atom. The Hall–Kier alpha value is -1.36. The van der Waals surface area contributed by atoms with Gasteiger partial charge >= 0.3 is 8.15 Å². The molecule has 0 radical (unpaired) electrons. The first-order chi connectivity index (χ1) is 9.93. The predicted octanol–water partition coefficient (Wildman–Crippen LogP) is 4.43. The van der Waals surface area contributed by atoms with E-state index in [9.17, 15) is 9.36 Å². The van der Waals surface area contributed by atoms with Crippen LogP contribution in [0.1, 0.15) is 20.8 Å². The van der Waals surface area contributed by atoms with Crippen molar-refractivity contribution < 1.29 is 9.36 Å². The highest BCUT2D eigenvalue weighted by molar-refractivity contribution is 8.42. The Balaban J connectivity index is 2.75. The van der Waals surface area contributed by atoms with Crippen LogP contribution in [0.25, 0.3) is 0 Å². The molecule has 0 aliphatic carbocycles. The Bertz CT molecular complexity index is 591. The van der Waals surface area contributed by atoms with Crippen LogP contribution < -0.4 is 10.6 Å². The van der Waals surface area contributed by atoms with E-state index in [4.69, 9.17) is 0 Å². The highest BCUT2D eigenvalue weighted by Crippen LogP contribution is 2.70. The standard InChI is InChI=1S/C17H19O2P2/c1-17(2,3)16(18)21(20-19,14-10-6-4-7-11-14)15-12-8-5-9-13-15/h4-13H,1-3H3/q+1. The van der Waals surface area contributed by atoms with E-state index in [1.165, 1.54) is 0 Å². The monoisotopic (exact) mass is 317 g/mol. The van der Waals surface area contributed by atoms with Gasteiger partial charge in [-0.25, -0.2) is 4.57 Å². The SMILES string of the molecule is CC(C)(C)C(=O)[P+](P=O)(c1ccccc1)c1ccccc1. The minimum absolute atomic E-state index is 0.0593. The molecule has 0 aliphatic rings. The predicted molar refractivity (Wildman–Crippen MR) is 91.1 cm³/mol. The molecule has 0 bridgehead atoms. The Morgan fingerprint density at radius 2 is 1.24 bits per heavy atom. The van der Waals surface area contributed by atoms with Crippen LogP contribution in [0.4, 0.5) is 0 Å². The molecule has 21 heavy (non-hydrogen) atoms. The van der Waals surface area contributed by atoms with Crippen LogP contribution >= 0.6 is 15.1 Å². The van der Waals surface area contributed by atoms with Gasteiger partial charge in [-0.15, -0.1) is 0 Å². The average Bonchev–Trinajstić information content (AvgIpc) is 2.50. The van der Waals surface area contributed by atoms with E-state index in [0.717, 1.165) is 10.6 Å². The molecule has 0 unspecified atom stereocenters. The van der Waals surface area contributed by atoms with Gasteiger partial charge in [0.15, 0.2) is 0 Å². The quantitative estimate of drug-likeness (QED) is 0.782. The normalized spacial score (nSPS) is 12.3. The van der Waals surface area contributed by atoms with E-state index >= 15 is 0 Å². The van der Waals surface area contributed by atoms with Crippen molar-refractivity contribution in [1.82, 2.24) is 0 Å². The number of carbonyl (C=O) groups excluding carboxylic acids is 1. The molecule has 0 amide bonds. The van der Waals surface area contributed by atoms with Crippen LogP contribution in [0.5, 0.6) is 0 Å². The molecule has 0 saturated carbocycles. The number of hydrogen-bond donors (Lipinski definition) is 0. The van der Waals surface area contributed by atoms with Gasteiger partial charge in [0.2, 0.25) is 6.95 Å². The highest BCUT2D eigenvalue weighted by Gasteiger charge is 2.57. The van der Waals surface area contributed by atoms with Crippen molar-refractivity contribution >= 4 is 31.2 Å². The van der Waals surface area contributed by atoms with E-state index in [0.29, 0.717) is 0 Å². The third-order valence-corrected chi connectivity index (χ3v) is 9.58. The fourth-order valence-electron chi connectivity index (χ4n) is 2.29. The van der Waals surface area contributed by atoms with Crippen LogP contribution in [-0.2, 0) is 9.36 Å². The van der Waals surface area contributed by atoms with Crippen molar-refractivity contribution in [3.8, 4) is 0 Å². The molecule has 0 heterocycles. The van der Waals surface area contributed by atoms with Crippen molar-refractivity contribution in [2.75, 3.05) is 0 Å². The van der Waals surface area contributed by atoms with Crippen LogP contribution in [0, 0.1) is 5.41 Å². The smallest absolute Gasteiger partial charge is 0.251 e. The first-order valence-electron chi connectivity index (χ1n) is 6.83. The summed E-state index contributed by atoms with van der Waals surface area (Å²) < 4.78 is 12.2. The van der Waals surface area contributed by atoms with Gasteiger partial charge in [-0.05, 0) is 45.0 Å². The van der Waals surface area contributed by atoms with E-state index in [1.807, 2.05) is 81.4 Å². The Labute approximate surface area is 128 Å². The number of hydrogen-bond acceptors (Lipinski definition) is 2. The van der Waals surface area contributed by atoms with E-state index in [2.05, 4.69) is 0 Å². The molecule has 0 fully saturated rings. The Kier molecular flexibility index (Phi) is 4.71. The van der Waals surface area contributed by atoms with Crippen molar-refractivity contribution in [3.63, 3.8) is 0 Å². The summed E-state index contributed by atoms with van der Waals surface area (Å²) in [6, 6.07) is 19.1. The summed E-state index contributed by atoms with van der Waals surface area (Å²) in [7, 11) is -0.0952. The molecule has 4 heteroatoms. The van der Waals surface area contributed by atoms with Gasteiger partial charge in [-0.1, -0.05) is 36.4 Å². The summed E-state index contributed by atoms with van der Waals surface area (Å²) in [5.41, 5.74) is -0.485. The maximum absolute atomic E-state index is 13.2. The van der Waals surface area contributed by atoms with Crippen molar-refractivity contribution in [2.24, 2.45) is 5.41 Å². The number of carbonyl (C=O) groups is 1. The van der Waals surface area contributed by atoms with Crippen LogP contribution in [0.2, 0.25) is 0 Å². The fraction of sp³-hybridized carbons (Fsp3) is 0.235. The molecule has 0 atom stereocenters. The molecule has 0 spiro atoms. The molecule has 2 aromatic carbocycles. The molecule has 0 aliphatic heterocycles. The first kappa shape index (κ1) is 16.0. The summed E-state index contributed by atoms with van der Waals surface area (Å²) in [4.78, 5) is 13.2. The van der Waals surface area contributed by atoms with Gasteiger partial charge in [-0.3, -0.25) is 4.79 Å². The number of rotatable bonds is 4. The largest absolute Gasteiger partial charge is 0.364 e. The lowest BCUT2D eigenvalue weighted by atomic mass is 9.99. The minimum Gasteiger partial charge on any atom is -0.251 e.